The molecule has 0 bridgehead atoms. The number of anilines is 2. The smallest absolute Gasteiger partial charge is 0.308 e. The number of amides is 2. The topological polar surface area (TPSA) is 64.9 Å². The summed E-state index contributed by atoms with van der Waals surface area (Å²) in [5.74, 6) is 0. The van der Waals surface area contributed by atoms with E-state index >= 15 is 0 Å². The molecule has 0 fully saturated rings. The SMILES string of the molecule is Cc1cccc(NC(=O)Nc2cc(C#N)ccc2Cl)c1. The van der Waals surface area contributed by atoms with Crippen molar-refractivity contribution >= 4 is 29.0 Å². The maximum atomic E-state index is 11.9. The molecule has 0 unspecified atom stereocenters. The molecule has 0 atom stereocenters. The summed E-state index contributed by atoms with van der Waals surface area (Å²) in [6, 6.07) is 13.7. The van der Waals surface area contributed by atoms with Gasteiger partial charge in [0.25, 0.3) is 0 Å². The van der Waals surface area contributed by atoms with E-state index in [-0.39, 0.29) is 0 Å². The van der Waals surface area contributed by atoms with Gasteiger partial charge in [0.1, 0.15) is 0 Å². The highest BCUT2D eigenvalue weighted by atomic mass is 35.5. The van der Waals surface area contributed by atoms with Crippen LogP contribution in [0, 0.1) is 18.3 Å². The van der Waals surface area contributed by atoms with Crippen LogP contribution < -0.4 is 10.6 Å². The molecular weight excluding hydrogens is 274 g/mol. The summed E-state index contributed by atoms with van der Waals surface area (Å²) in [6.07, 6.45) is 0. The monoisotopic (exact) mass is 285 g/mol. The first-order valence-electron chi connectivity index (χ1n) is 5.93. The molecule has 4 nitrogen and oxygen atoms in total. The molecule has 2 aromatic rings. The number of halogens is 1. The van der Waals surface area contributed by atoms with Gasteiger partial charge in [0.05, 0.1) is 22.3 Å². The average molecular weight is 286 g/mol. The standard InChI is InChI=1S/C15H12ClN3O/c1-10-3-2-4-12(7-10)18-15(20)19-14-8-11(9-17)5-6-13(14)16/h2-8H,1H3,(H2,18,19,20). The fourth-order valence-electron chi connectivity index (χ4n) is 1.70. The van der Waals surface area contributed by atoms with Gasteiger partial charge in [0, 0.05) is 5.69 Å². The number of benzene rings is 2. The van der Waals surface area contributed by atoms with Crippen molar-refractivity contribution in [2.75, 3.05) is 10.6 Å². The molecule has 0 aliphatic heterocycles. The molecule has 0 saturated heterocycles. The van der Waals surface area contributed by atoms with Gasteiger partial charge in [-0.25, -0.2) is 4.79 Å². The van der Waals surface area contributed by atoms with Crippen LogP contribution in [0.2, 0.25) is 5.02 Å². The first kappa shape index (κ1) is 13.9. The van der Waals surface area contributed by atoms with Gasteiger partial charge >= 0.3 is 6.03 Å². The predicted octanol–water partition coefficient (Wildman–Crippen LogP) is 4.16. The second-order valence-corrected chi connectivity index (χ2v) is 4.66. The molecule has 2 aromatic carbocycles. The Hall–Kier alpha value is -2.51. The van der Waals surface area contributed by atoms with E-state index in [9.17, 15) is 4.79 Å². The lowest BCUT2D eigenvalue weighted by atomic mass is 10.2. The van der Waals surface area contributed by atoms with E-state index in [0.717, 1.165) is 5.56 Å². The molecular formula is C15H12ClN3O. The summed E-state index contributed by atoms with van der Waals surface area (Å²) in [5, 5.41) is 14.5. The van der Waals surface area contributed by atoms with E-state index in [0.29, 0.717) is 22.0 Å². The quantitative estimate of drug-likeness (QED) is 0.870. The van der Waals surface area contributed by atoms with Gasteiger partial charge in [-0.15, -0.1) is 0 Å². The van der Waals surface area contributed by atoms with Crippen LogP contribution in [-0.4, -0.2) is 6.03 Å². The van der Waals surface area contributed by atoms with E-state index in [2.05, 4.69) is 10.6 Å². The van der Waals surface area contributed by atoms with E-state index in [4.69, 9.17) is 16.9 Å². The summed E-state index contributed by atoms with van der Waals surface area (Å²) >= 11 is 5.97. The van der Waals surface area contributed by atoms with Crippen molar-refractivity contribution < 1.29 is 4.79 Å². The van der Waals surface area contributed by atoms with Crippen LogP contribution >= 0.6 is 11.6 Å². The van der Waals surface area contributed by atoms with Crippen molar-refractivity contribution in [2.24, 2.45) is 0 Å². The molecule has 2 N–H and O–H groups in total. The van der Waals surface area contributed by atoms with Crippen molar-refractivity contribution in [2.45, 2.75) is 6.92 Å². The average Bonchev–Trinajstić information content (AvgIpc) is 2.41. The Labute approximate surface area is 122 Å². The largest absolute Gasteiger partial charge is 0.323 e. The zero-order chi connectivity index (χ0) is 14.5. The summed E-state index contributed by atoms with van der Waals surface area (Å²) < 4.78 is 0. The second-order valence-electron chi connectivity index (χ2n) is 4.26. The molecule has 2 amide bonds. The molecule has 0 aromatic heterocycles. The van der Waals surface area contributed by atoms with Crippen molar-refractivity contribution in [3.8, 4) is 6.07 Å². The van der Waals surface area contributed by atoms with Crippen LogP contribution in [0.25, 0.3) is 0 Å². The number of carbonyl (C=O) groups excluding carboxylic acids is 1. The van der Waals surface area contributed by atoms with Crippen LogP contribution in [0.1, 0.15) is 11.1 Å². The Morgan fingerprint density at radius 3 is 2.70 bits per heavy atom. The Bertz CT molecular complexity index is 692. The Kier molecular flexibility index (Phi) is 4.24. The maximum Gasteiger partial charge on any atom is 0.323 e. The third-order valence-electron chi connectivity index (χ3n) is 2.62. The number of urea groups is 1. The molecule has 5 heteroatoms. The fourth-order valence-corrected chi connectivity index (χ4v) is 1.86. The van der Waals surface area contributed by atoms with E-state index < -0.39 is 6.03 Å². The minimum absolute atomic E-state index is 0.378. The van der Waals surface area contributed by atoms with Gasteiger partial charge in [-0.1, -0.05) is 23.7 Å². The van der Waals surface area contributed by atoms with Crippen molar-refractivity contribution in [3.63, 3.8) is 0 Å². The van der Waals surface area contributed by atoms with Crippen LogP contribution in [0.3, 0.4) is 0 Å². The number of nitrogens with one attached hydrogen (secondary N) is 2. The zero-order valence-corrected chi connectivity index (χ0v) is 11.5. The molecule has 0 aliphatic rings. The summed E-state index contributed by atoms with van der Waals surface area (Å²) in [6.45, 7) is 1.94. The molecule has 0 spiro atoms. The van der Waals surface area contributed by atoms with Gasteiger partial charge in [0.2, 0.25) is 0 Å². The van der Waals surface area contributed by atoms with E-state index in [1.807, 2.05) is 31.2 Å². The molecule has 0 radical (unpaired) electrons. The highest BCUT2D eigenvalue weighted by molar-refractivity contribution is 6.33. The number of rotatable bonds is 2. The number of carbonyl (C=O) groups is 1. The van der Waals surface area contributed by atoms with Gasteiger partial charge < -0.3 is 10.6 Å². The third kappa shape index (κ3) is 3.50. The minimum Gasteiger partial charge on any atom is -0.308 e. The van der Waals surface area contributed by atoms with Gasteiger partial charge in [-0.2, -0.15) is 5.26 Å². The number of nitriles is 1. The lowest BCUT2D eigenvalue weighted by molar-refractivity contribution is 0.262. The third-order valence-corrected chi connectivity index (χ3v) is 2.95. The number of aryl methyl sites for hydroxylation is 1. The Morgan fingerprint density at radius 2 is 2.00 bits per heavy atom. The molecule has 0 heterocycles. The lowest BCUT2D eigenvalue weighted by Crippen LogP contribution is -2.19. The molecule has 100 valence electrons. The fraction of sp³-hybridized carbons (Fsp3) is 0.0667. The van der Waals surface area contributed by atoms with Crippen LogP contribution in [0.4, 0.5) is 16.2 Å². The molecule has 0 saturated carbocycles. The van der Waals surface area contributed by atoms with Crippen molar-refractivity contribution in [3.05, 3.63) is 58.6 Å². The summed E-state index contributed by atoms with van der Waals surface area (Å²) in [4.78, 5) is 11.9. The van der Waals surface area contributed by atoms with Gasteiger partial charge in [-0.3, -0.25) is 0 Å². The number of nitrogens with zero attached hydrogens (tertiary/aromatic N) is 1. The van der Waals surface area contributed by atoms with E-state index in [1.165, 1.54) is 6.07 Å². The number of hydrogen-bond acceptors (Lipinski definition) is 2. The lowest BCUT2D eigenvalue weighted by Gasteiger charge is -2.09. The normalized spacial score (nSPS) is 9.65. The Morgan fingerprint density at radius 1 is 1.20 bits per heavy atom. The van der Waals surface area contributed by atoms with E-state index in [1.54, 1.807) is 18.2 Å². The minimum atomic E-state index is -0.410. The van der Waals surface area contributed by atoms with Gasteiger partial charge in [-0.05, 0) is 42.8 Å². The first-order valence-corrected chi connectivity index (χ1v) is 6.30. The van der Waals surface area contributed by atoms with Crippen LogP contribution in [0.15, 0.2) is 42.5 Å². The van der Waals surface area contributed by atoms with Crippen molar-refractivity contribution in [1.82, 2.24) is 0 Å². The Balaban J connectivity index is 2.10. The zero-order valence-electron chi connectivity index (χ0n) is 10.8. The highest BCUT2D eigenvalue weighted by Crippen LogP contribution is 2.23. The highest BCUT2D eigenvalue weighted by Gasteiger charge is 2.07. The maximum absolute atomic E-state index is 11.9. The summed E-state index contributed by atoms with van der Waals surface area (Å²) in [5.41, 5.74) is 2.57. The summed E-state index contributed by atoms with van der Waals surface area (Å²) in [7, 11) is 0. The second kappa shape index (κ2) is 6.09. The molecule has 20 heavy (non-hydrogen) atoms. The van der Waals surface area contributed by atoms with Gasteiger partial charge in [0.15, 0.2) is 0 Å². The molecule has 2 rings (SSSR count). The van der Waals surface area contributed by atoms with Crippen LogP contribution in [0.5, 0.6) is 0 Å². The predicted molar refractivity (Wildman–Crippen MR) is 80.0 cm³/mol. The first-order chi connectivity index (χ1) is 9.58. The number of hydrogen-bond donors (Lipinski definition) is 2. The molecule has 0 aliphatic carbocycles. The van der Waals surface area contributed by atoms with Crippen LogP contribution in [-0.2, 0) is 0 Å². The van der Waals surface area contributed by atoms with Crippen molar-refractivity contribution in [1.29, 1.82) is 5.26 Å².